The molecule has 3 amide bonds. The van der Waals surface area contributed by atoms with E-state index in [4.69, 9.17) is 0 Å². The van der Waals surface area contributed by atoms with Gasteiger partial charge in [0, 0.05) is 23.5 Å². The van der Waals surface area contributed by atoms with Crippen LogP contribution in [0.5, 0.6) is 0 Å². The number of nitrogens with zero attached hydrogens (tertiary/aromatic N) is 1. The number of anilines is 1. The standard InChI is InChI=1S/C20H23N3O6S2/c1-11-12(2)30-19(16(11)18(25)22-20(26)29-4)21-17(24)13-5-9-15(10-6-13)31(27,28)23(3)14-7-8-14/h5-6,9-10,14H,7-8H2,1-4H3,(H,21,24)(H,22,25,26). The fraction of sp³-hybridized carbons (Fsp3) is 0.350. The molecular weight excluding hydrogens is 442 g/mol. The molecule has 1 heterocycles. The highest BCUT2D eigenvalue weighted by Crippen LogP contribution is 2.33. The van der Waals surface area contributed by atoms with Crippen LogP contribution < -0.4 is 10.6 Å². The first-order valence-electron chi connectivity index (χ1n) is 9.45. The first kappa shape index (κ1) is 22.9. The van der Waals surface area contributed by atoms with Crippen molar-refractivity contribution in [3.8, 4) is 0 Å². The predicted octanol–water partition coefficient (Wildman–Crippen LogP) is 2.90. The number of hydrogen-bond donors (Lipinski definition) is 2. The molecule has 1 aromatic carbocycles. The Hall–Kier alpha value is -2.76. The highest BCUT2D eigenvalue weighted by molar-refractivity contribution is 7.89. The number of imide groups is 1. The maximum atomic E-state index is 12.7. The van der Waals surface area contributed by atoms with Crippen molar-refractivity contribution in [3.05, 3.63) is 45.8 Å². The van der Waals surface area contributed by atoms with Crippen LogP contribution in [0.4, 0.5) is 9.80 Å². The van der Waals surface area contributed by atoms with Crippen molar-refractivity contribution >= 4 is 44.3 Å². The third-order valence-corrected chi connectivity index (χ3v) is 8.14. The van der Waals surface area contributed by atoms with Gasteiger partial charge in [-0.25, -0.2) is 13.2 Å². The van der Waals surface area contributed by atoms with Gasteiger partial charge in [0.1, 0.15) is 5.00 Å². The van der Waals surface area contributed by atoms with Crippen molar-refractivity contribution in [1.82, 2.24) is 9.62 Å². The lowest BCUT2D eigenvalue weighted by atomic mass is 10.1. The molecule has 0 radical (unpaired) electrons. The Morgan fingerprint density at radius 1 is 1.10 bits per heavy atom. The van der Waals surface area contributed by atoms with Crippen molar-refractivity contribution in [2.24, 2.45) is 0 Å². The van der Waals surface area contributed by atoms with E-state index in [1.54, 1.807) is 20.9 Å². The molecule has 1 aromatic heterocycles. The zero-order valence-electron chi connectivity index (χ0n) is 17.5. The molecule has 1 saturated carbocycles. The second-order valence-corrected chi connectivity index (χ2v) is 10.4. The summed E-state index contributed by atoms with van der Waals surface area (Å²) in [5, 5.41) is 5.05. The van der Waals surface area contributed by atoms with Crippen LogP contribution in [0.25, 0.3) is 0 Å². The molecule has 0 unspecified atom stereocenters. The van der Waals surface area contributed by atoms with E-state index in [1.165, 1.54) is 39.9 Å². The minimum atomic E-state index is -3.60. The number of thiophene rings is 1. The summed E-state index contributed by atoms with van der Waals surface area (Å²) < 4.78 is 31.0. The van der Waals surface area contributed by atoms with Crippen LogP contribution in [-0.4, -0.2) is 50.8 Å². The van der Waals surface area contributed by atoms with E-state index in [2.05, 4.69) is 15.4 Å². The molecule has 11 heteroatoms. The quantitative estimate of drug-likeness (QED) is 0.676. The first-order chi connectivity index (χ1) is 14.6. The molecule has 31 heavy (non-hydrogen) atoms. The maximum absolute atomic E-state index is 12.7. The van der Waals surface area contributed by atoms with Crippen LogP contribution in [0.2, 0.25) is 0 Å². The molecule has 0 atom stereocenters. The van der Waals surface area contributed by atoms with Crippen LogP contribution >= 0.6 is 11.3 Å². The van der Waals surface area contributed by atoms with Gasteiger partial charge in [0.25, 0.3) is 11.8 Å². The van der Waals surface area contributed by atoms with E-state index in [9.17, 15) is 22.8 Å². The number of carbonyl (C=O) groups is 3. The van der Waals surface area contributed by atoms with Crippen molar-refractivity contribution in [1.29, 1.82) is 0 Å². The van der Waals surface area contributed by atoms with Gasteiger partial charge in [0.2, 0.25) is 10.0 Å². The van der Waals surface area contributed by atoms with Gasteiger partial charge in [0.15, 0.2) is 0 Å². The minimum Gasteiger partial charge on any atom is -0.453 e. The molecule has 3 rings (SSSR count). The molecule has 2 aromatic rings. The summed E-state index contributed by atoms with van der Waals surface area (Å²) in [6.45, 7) is 3.50. The summed E-state index contributed by atoms with van der Waals surface area (Å²) in [6, 6.07) is 5.65. The van der Waals surface area contributed by atoms with Gasteiger partial charge < -0.3 is 10.1 Å². The molecule has 1 fully saturated rings. The number of amides is 3. The van der Waals surface area contributed by atoms with Crippen LogP contribution in [0.15, 0.2) is 29.2 Å². The van der Waals surface area contributed by atoms with Gasteiger partial charge in [-0.1, -0.05) is 0 Å². The molecule has 0 saturated heterocycles. The third-order valence-electron chi connectivity index (χ3n) is 5.10. The predicted molar refractivity (Wildman–Crippen MR) is 116 cm³/mol. The Morgan fingerprint density at radius 3 is 2.26 bits per heavy atom. The van der Waals surface area contributed by atoms with Gasteiger partial charge in [-0.05, 0) is 56.5 Å². The zero-order chi connectivity index (χ0) is 22.9. The lowest BCUT2D eigenvalue weighted by molar-refractivity contribution is 0.0937. The number of aryl methyl sites for hydroxylation is 1. The average Bonchev–Trinajstić information content (AvgIpc) is 3.54. The topological polar surface area (TPSA) is 122 Å². The third kappa shape index (κ3) is 4.78. The van der Waals surface area contributed by atoms with E-state index in [-0.39, 0.29) is 27.1 Å². The molecular formula is C20H23N3O6S2. The summed E-state index contributed by atoms with van der Waals surface area (Å²) in [6.07, 6.45) is 0.794. The first-order valence-corrected chi connectivity index (χ1v) is 11.7. The normalized spacial score (nSPS) is 13.7. The molecule has 2 N–H and O–H groups in total. The summed E-state index contributed by atoms with van der Waals surface area (Å²) in [7, 11) is -0.911. The van der Waals surface area contributed by atoms with Gasteiger partial charge in [-0.15, -0.1) is 11.3 Å². The number of sulfonamides is 1. The Balaban J connectivity index is 1.80. The van der Waals surface area contributed by atoms with Gasteiger partial charge in [0.05, 0.1) is 17.6 Å². The second-order valence-electron chi connectivity index (χ2n) is 7.16. The summed E-state index contributed by atoms with van der Waals surface area (Å²) in [4.78, 5) is 37.4. The van der Waals surface area contributed by atoms with Crippen LogP contribution in [0, 0.1) is 13.8 Å². The highest BCUT2D eigenvalue weighted by atomic mass is 32.2. The Labute approximate surface area is 184 Å². The minimum absolute atomic E-state index is 0.0350. The molecule has 166 valence electrons. The van der Waals surface area contributed by atoms with Crippen molar-refractivity contribution < 1.29 is 27.5 Å². The number of methoxy groups -OCH3 is 1. The van der Waals surface area contributed by atoms with Crippen molar-refractivity contribution in [3.63, 3.8) is 0 Å². The smallest absolute Gasteiger partial charge is 0.413 e. The van der Waals surface area contributed by atoms with Gasteiger partial charge >= 0.3 is 6.09 Å². The van der Waals surface area contributed by atoms with Crippen LogP contribution in [0.1, 0.15) is 44.0 Å². The second kappa shape index (κ2) is 8.77. The number of rotatable bonds is 6. The molecule has 0 bridgehead atoms. The fourth-order valence-corrected chi connectivity index (χ4v) is 5.42. The Morgan fingerprint density at radius 2 is 1.71 bits per heavy atom. The van der Waals surface area contributed by atoms with Crippen molar-refractivity contribution in [2.45, 2.75) is 37.6 Å². The van der Waals surface area contributed by atoms with E-state index < -0.39 is 27.9 Å². The number of alkyl carbamates (subject to hydrolysis) is 1. The maximum Gasteiger partial charge on any atom is 0.413 e. The van der Waals surface area contributed by atoms with Gasteiger partial charge in [-0.2, -0.15) is 4.31 Å². The average molecular weight is 466 g/mol. The van der Waals surface area contributed by atoms with Crippen molar-refractivity contribution in [2.75, 3.05) is 19.5 Å². The molecule has 9 nitrogen and oxygen atoms in total. The molecule has 0 aliphatic heterocycles. The SMILES string of the molecule is COC(=O)NC(=O)c1c(NC(=O)c2ccc(S(=O)(=O)N(C)C3CC3)cc2)sc(C)c1C. The van der Waals surface area contributed by atoms with E-state index >= 15 is 0 Å². The molecule has 1 aliphatic carbocycles. The number of ether oxygens (including phenoxy) is 1. The number of nitrogens with one attached hydrogen (secondary N) is 2. The number of carbonyl (C=O) groups excluding carboxylic acids is 3. The Kier molecular flexibility index (Phi) is 6.48. The summed E-state index contributed by atoms with van der Waals surface area (Å²) >= 11 is 1.20. The molecule has 0 spiro atoms. The van der Waals surface area contributed by atoms with Gasteiger partial charge in [-0.3, -0.25) is 14.9 Å². The number of hydrogen-bond acceptors (Lipinski definition) is 7. The monoisotopic (exact) mass is 465 g/mol. The highest BCUT2D eigenvalue weighted by Gasteiger charge is 2.35. The largest absolute Gasteiger partial charge is 0.453 e. The van der Waals surface area contributed by atoms with E-state index in [0.717, 1.165) is 24.8 Å². The van der Waals surface area contributed by atoms with Crippen LogP contribution in [0.3, 0.4) is 0 Å². The summed E-state index contributed by atoms with van der Waals surface area (Å²) in [5.41, 5.74) is 1.04. The lowest BCUT2D eigenvalue weighted by Gasteiger charge is -2.16. The zero-order valence-corrected chi connectivity index (χ0v) is 19.1. The lowest BCUT2D eigenvalue weighted by Crippen LogP contribution is -2.31. The number of benzene rings is 1. The van der Waals surface area contributed by atoms with E-state index in [1.807, 2.05) is 0 Å². The van der Waals surface area contributed by atoms with Crippen LogP contribution in [-0.2, 0) is 14.8 Å². The molecule has 1 aliphatic rings. The summed E-state index contributed by atoms with van der Waals surface area (Å²) in [5.74, 6) is -1.19. The fourth-order valence-electron chi connectivity index (χ4n) is 2.95. The van der Waals surface area contributed by atoms with E-state index in [0.29, 0.717) is 5.56 Å². The Bertz CT molecular complexity index is 1130.